The number of hydrogen-bond acceptors (Lipinski definition) is 4. The smallest absolute Gasteiger partial charge is 0.338 e. The summed E-state index contributed by atoms with van der Waals surface area (Å²) in [6.07, 6.45) is 1.67. The first-order chi connectivity index (χ1) is 8.77. The van der Waals surface area contributed by atoms with E-state index in [1.165, 1.54) is 0 Å². The minimum Gasteiger partial charge on any atom is -0.462 e. The maximum absolute atomic E-state index is 11.7. The number of hydrogen-bond donors (Lipinski definition) is 1. The average molecular weight is 251 g/mol. The molecule has 0 aromatic heterocycles. The number of ether oxygens (including phenoxy) is 2. The highest BCUT2D eigenvalue weighted by molar-refractivity contribution is 5.89. The van der Waals surface area contributed by atoms with Crippen LogP contribution in [0.1, 0.15) is 35.7 Å². The Bertz CT molecular complexity index is 366. The standard InChI is InChI=1S/C14H21NO3/c1-2-8-18-14(16)13-6-3-5-12(10-13)11-17-9-4-7-15/h3,5-6,10H,2,4,7-9,11,15H2,1H3. The van der Waals surface area contributed by atoms with Crippen molar-refractivity contribution < 1.29 is 14.3 Å². The summed E-state index contributed by atoms with van der Waals surface area (Å²) in [5.74, 6) is -0.277. The zero-order valence-corrected chi connectivity index (χ0v) is 10.9. The maximum atomic E-state index is 11.7. The number of esters is 1. The molecule has 0 aliphatic carbocycles. The molecule has 0 atom stereocenters. The predicted octanol–water partition coefficient (Wildman–Crippen LogP) is 2.12. The van der Waals surface area contributed by atoms with Gasteiger partial charge in [0, 0.05) is 6.61 Å². The zero-order valence-electron chi connectivity index (χ0n) is 10.9. The molecule has 0 radical (unpaired) electrons. The lowest BCUT2D eigenvalue weighted by molar-refractivity contribution is 0.0504. The first-order valence-electron chi connectivity index (χ1n) is 6.31. The van der Waals surface area contributed by atoms with Crippen LogP contribution in [0.2, 0.25) is 0 Å². The number of carbonyl (C=O) groups excluding carboxylic acids is 1. The van der Waals surface area contributed by atoms with E-state index in [2.05, 4.69) is 0 Å². The van der Waals surface area contributed by atoms with Gasteiger partial charge in [0.25, 0.3) is 0 Å². The lowest BCUT2D eigenvalue weighted by Crippen LogP contribution is -2.07. The summed E-state index contributed by atoms with van der Waals surface area (Å²) in [6, 6.07) is 7.32. The molecule has 0 fully saturated rings. The Kier molecular flexibility index (Phi) is 7.06. The van der Waals surface area contributed by atoms with E-state index in [0.717, 1.165) is 18.4 Å². The molecule has 1 rings (SSSR count). The van der Waals surface area contributed by atoms with E-state index in [-0.39, 0.29) is 5.97 Å². The molecular weight excluding hydrogens is 230 g/mol. The maximum Gasteiger partial charge on any atom is 0.338 e. The molecule has 100 valence electrons. The van der Waals surface area contributed by atoms with Crippen molar-refractivity contribution in [3.8, 4) is 0 Å². The Labute approximate surface area is 108 Å². The van der Waals surface area contributed by atoms with Gasteiger partial charge in [0.1, 0.15) is 0 Å². The van der Waals surface area contributed by atoms with Crippen LogP contribution in [0.15, 0.2) is 24.3 Å². The monoisotopic (exact) mass is 251 g/mol. The van der Waals surface area contributed by atoms with Crippen LogP contribution in [-0.4, -0.2) is 25.7 Å². The van der Waals surface area contributed by atoms with Gasteiger partial charge >= 0.3 is 5.97 Å². The highest BCUT2D eigenvalue weighted by atomic mass is 16.5. The Morgan fingerprint density at radius 2 is 2.17 bits per heavy atom. The van der Waals surface area contributed by atoms with Gasteiger partial charge in [-0.3, -0.25) is 0 Å². The summed E-state index contributed by atoms with van der Waals surface area (Å²) in [4.78, 5) is 11.7. The molecule has 0 spiro atoms. The molecule has 0 aliphatic rings. The number of carbonyl (C=O) groups is 1. The van der Waals surface area contributed by atoms with Gasteiger partial charge in [0.2, 0.25) is 0 Å². The Morgan fingerprint density at radius 1 is 1.33 bits per heavy atom. The van der Waals surface area contributed by atoms with Gasteiger partial charge in [-0.25, -0.2) is 4.79 Å². The lowest BCUT2D eigenvalue weighted by Gasteiger charge is -2.06. The molecule has 0 heterocycles. The van der Waals surface area contributed by atoms with Gasteiger partial charge in [0.05, 0.1) is 18.8 Å². The van der Waals surface area contributed by atoms with Crippen molar-refractivity contribution in [3.05, 3.63) is 35.4 Å². The van der Waals surface area contributed by atoms with E-state index in [9.17, 15) is 4.79 Å². The molecule has 0 saturated carbocycles. The van der Waals surface area contributed by atoms with Gasteiger partial charge in [0.15, 0.2) is 0 Å². The van der Waals surface area contributed by atoms with Crippen LogP contribution < -0.4 is 5.73 Å². The molecule has 2 N–H and O–H groups in total. The van der Waals surface area contributed by atoms with Crippen LogP contribution in [-0.2, 0) is 16.1 Å². The molecule has 4 nitrogen and oxygen atoms in total. The summed E-state index contributed by atoms with van der Waals surface area (Å²) < 4.78 is 10.5. The molecular formula is C14H21NO3. The predicted molar refractivity (Wildman–Crippen MR) is 70.3 cm³/mol. The lowest BCUT2D eigenvalue weighted by atomic mass is 10.1. The van der Waals surface area contributed by atoms with Crippen molar-refractivity contribution >= 4 is 5.97 Å². The van der Waals surface area contributed by atoms with Crippen LogP contribution in [0, 0.1) is 0 Å². The minimum absolute atomic E-state index is 0.277. The zero-order chi connectivity index (χ0) is 13.2. The number of nitrogens with two attached hydrogens (primary N) is 1. The normalized spacial score (nSPS) is 10.3. The van der Waals surface area contributed by atoms with Gasteiger partial charge in [-0.05, 0) is 37.1 Å². The van der Waals surface area contributed by atoms with Crippen molar-refractivity contribution in [2.75, 3.05) is 19.8 Å². The summed E-state index contributed by atoms with van der Waals surface area (Å²) in [6.45, 7) is 4.18. The first-order valence-corrected chi connectivity index (χ1v) is 6.31. The Hall–Kier alpha value is -1.39. The Balaban J connectivity index is 2.48. The van der Waals surface area contributed by atoms with E-state index in [1.54, 1.807) is 12.1 Å². The minimum atomic E-state index is -0.277. The van der Waals surface area contributed by atoms with Crippen molar-refractivity contribution in [2.24, 2.45) is 5.73 Å². The van der Waals surface area contributed by atoms with Crippen molar-refractivity contribution in [3.63, 3.8) is 0 Å². The fraction of sp³-hybridized carbons (Fsp3) is 0.500. The average Bonchev–Trinajstić information content (AvgIpc) is 2.41. The van der Waals surface area contributed by atoms with E-state index < -0.39 is 0 Å². The molecule has 0 bridgehead atoms. The number of benzene rings is 1. The third kappa shape index (κ3) is 5.29. The molecule has 1 aromatic carbocycles. The fourth-order valence-electron chi connectivity index (χ4n) is 1.44. The van der Waals surface area contributed by atoms with Crippen molar-refractivity contribution in [2.45, 2.75) is 26.4 Å². The quantitative estimate of drug-likeness (QED) is 0.568. The van der Waals surface area contributed by atoms with Crippen LogP contribution in [0.3, 0.4) is 0 Å². The molecule has 1 aromatic rings. The largest absolute Gasteiger partial charge is 0.462 e. The van der Waals surface area contributed by atoms with Crippen LogP contribution in [0.5, 0.6) is 0 Å². The van der Waals surface area contributed by atoms with Crippen LogP contribution in [0.4, 0.5) is 0 Å². The molecule has 0 amide bonds. The van der Waals surface area contributed by atoms with E-state index in [1.807, 2.05) is 19.1 Å². The first kappa shape index (κ1) is 14.7. The third-order valence-corrected chi connectivity index (χ3v) is 2.36. The highest BCUT2D eigenvalue weighted by Gasteiger charge is 2.07. The van der Waals surface area contributed by atoms with Gasteiger partial charge in [-0.1, -0.05) is 19.1 Å². The molecule has 0 saturated heterocycles. The molecule has 18 heavy (non-hydrogen) atoms. The summed E-state index contributed by atoms with van der Waals surface area (Å²) in [5, 5.41) is 0. The second-order valence-corrected chi connectivity index (χ2v) is 4.03. The summed E-state index contributed by atoms with van der Waals surface area (Å²) >= 11 is 0. The van der Waals surface area contributed by atoms with E-state index in [4.69, 9.17) is 15.2 Å². The van der Waals surface area contributed by atoms with E-state index in [0.29, 0.717) is 31.9 Å². The van der Waals surface area contributed by atoms with Crippen molar-refractivity contribution in [1.29, 1.82) is 0 Å². The second kappa shape index (κ2) is 8.66. The summed E-state index contributed by atoms with van der Waals surface area (Å²) in [5.41, 5.74) is 6.92. The van der Waals surface area contributed by atoms with Gasteiger partial charge in [-0.2, -0.15) is 0 Å². The van der Waals surface area contributed by atoms with Gasteiger partial charge in [-0.15, -0.1) is 0 Å². The Morgan fingerprint density at radius 3 is 2.89 bits per heavy atom. The van der Waals surface area contributed by atoms with Crippen LogP contribution in [0.25, 0.3) is 0 Å². The van der Waals surface area contributed by atoms with Gasteiger partial charge < -0.3 is 15.2 Å². The second-order valence-electron chi connectivity index (χ2n) is 4.03. The topological polar surface area (TPSA) is 61.5 Å². The highest BCUT2D eigenvalue weighted by Crippen LogP contribution is 2.08. The third-order valence-electron chi connectivity index (χ3n) is 2.36. The van der Waals surface area contributed by atoms with Crippen molar-refractivity contribution in [1.82, 2.24) is 0 Å². The molecule has 0 aliphatic heterocycles. The number of rotatable bonds is 8. The SMILES string of the molecule is CCCOC(=O)c1cccc(COCCCN)c1. The van der Waals surface area contributed by atoms with E-state index >= 15 is 0 Å². The summed E-state index contributed by atoms with van der Waals surface area (Å²) in [7, 11) is 0. The molecule has 0 unspecified atom stereocenters. The molecule has 4 heteroatoms. The van der Waals surface area contributed by atoms with Crippen LogP contribution >= 0.6 is 0 Å². The fourth-order valence-corrected chi connectivity index (χ4v) is 1.44.